The van der Waals surface area contributed by atoms with Gasteiger partial charge < -0.3 is 10.6 Å². The summed E-state index contributed by atoms with van der Waals surface area (Å²) in [5.41, 5.74) is 1.45. The van der Waals surface area contributed by atoms with Crippen LogP contribution in [0.4, 0.5) is 0 Å². The van der Waals surface area contributed by atoms with Gasteiger partial charge in [-0.2, -0.15) is 0 Å². The normalized spacial score (nSPS) is 13.7. The summed E-state index contributed by atoms with van der Waals surface area (Å²) in [6.45, 7) is 10.6. The number of halogens is 1. The Balaban J connectivity index is 2.30. The summed E-state index contributed by atoms with van der Waals surface area (Å²) >= 11 is 5.86. The molecule has 1 aromatic carbocycles. The van der Waals surface area contributed by atoms with Crippen molar-refractivity contribution in [1.82, 2.24) is 10.6 Å². The number of benzene rings is 1. The predicted octanol–water partition coefficient (Wildman–Crippen LogP) is 3.38. The van der Waals surface area contributed by atoms with Gasteiger partial charge in [0.2, 0.25) is 0 Å². The summed E-state index contributed by atoms with van der Waals surface area (Å²) in [4.78, 5) is 0. The molecule has 3 heteroatoms. The van der Waals surface area contributed by atoms with E-state index in [0.717, 1.165) is 18.1 Å². The first-order valence-corrected chi connectivity index (χ1v) is 6.50. The molecule has 0 heterocycles. The molecule has 0 unspecified atom stereocenters. The van der Waals surface area contributed by atoms with E-state index in [9.17, 15) is 0 Å². The van der Waals surface area contributed by atoms with Crippen LogP contribution in [0.25, 0.3) is 0 Å². The first-order chi connectivity index (χ1) is 7.88. The van der Waals surface area contributed by atoms with Crippen LogP contribution in [0.15, 0.2) is 24.3 Å². The van der Waals surface area contributed by atoms with Crippen molar-refractivity contribution in [3.8, 4) is 0 Å². The molecule has 1 rings (SSSR count). The average Bonchev–Trinajstić information content (AvgIpc) is 2.24. The monoisotopic (exact) mass is 254 g/mol. The molecule has 17 heavy (non-hydrogen) atoms. The second-order valence-electron chi connectivity index (χ2n) is 5.40. The van der Waals surface area contributed by atoms with Gasteiger partial charge in [-0.15, -0.1) is 0 Å². The van der Waals surface area contributed by atoms with Gasteiger partial charge in [-0.3, -0.25) is 0 Å². The van der Waals surface area contributed by atoms with Gasteiger partial charge in [-0.05, 0) is 45.4 Å². The summed E-state index contributed by atoms with van der Waals surface area (Å²) in [6.07, 6.45) is 0. The summed E-state index contributed by atoms with van der Waals surface area (Å²) in [5.74, 6) is 0. The maximum Gasteiger partial charge on any atom is 0.0406 e. The Kier molecular flexibility index (Phi) is 5.44. The van der Waals surface area contributed by atoms with Gasteiger partial charge in [-0.1, -0.05) is 23.7 Å². The number of nitrogens with one attached hydrogen (secondary N) is 2. The SMILES string of the molecule is C[C@H](NCCNC(C)(C)C)c1ccc(Cl)cc1. The molecule has 0 aliphatic heterocycles. The van der Waals surface area contributed by atoms with E-state index in [-0.39, 0.29) is 5.54 Å². The zero-order chi connectivity index (χ0) is 12.9. The highest BCUT2D eigenvalue weighted by molar-refractivity contribution is 6.30. The largest absolute Gasteiger partial charge is 0.311 e. The third kappa shape index (κ3) is 6.06. The van der Waals surface area contributed by atoms with Crippen LogP contribution in [0.2, 0.25) is 5.02 Å². The van der Waals surface area contributed by atoms with Gasteiger partial charge in [0.1, 0.15) is 0 Å². The summed E-state index contributed by atoms with van der Waals surface area (Å²) in [5, 5.41) is 7.73. The highest BCUT2D eigenvalue weighted by atomic mass is 35.5. The topological polar surface area (TPSA) is 24.1 Å². The van der Waals surface area contributed by atoms with Crippen LogP contribution >= 0.6 is 11.6 Å². The van der Waals surface area contributed by atoms with Gasteiger partial charge in [0.25, 0.3) is 0 Å². The lowest BCUT2D eigenvalue weighted by molar-refractivity contribution is 0.414. The maximum atomic E-state index is 5.86. The van der Waals surface area contributed by atoms with Crippen LogP contribution in [0.1, 0.15) is 39.3 Å². The highest BCUT2D eigenvalue weighted by Crippen LogP contribution is 2.15. The molecule has 1 atom stereocenters. The van der Waals surface area contributed by atoms with Gasteiger partial charge in [0, 0.05) is 29.7 Å². The van der Waals surface area contributed by atoms with Crippen molar-refractivity contribution >= 4 is 11.6 Å². The predicted molar refractivity (Wildman–Crippen MR) is 75.6 cm³/mol. The van der Waals surface area contributed by atoms with E-state index < -0.39 is 0 Å². The van der Waals surface area contributed by atoms with Gasteiger partial charge in [-0.25, -0.2) is 0 Å². The van der Waals surface area contributed by atoms with Crippen molar-refractivity contribution in [2.24, 2.45) is 0 Å². The second kappa shape index (κ2) is 6.39. The molecule has 0 spiro atoms. The molecule has 0 saturated heterocycles. The smallest absolute Gasteiger partial charge is 0.0406 e. The van der Waals surface area contributed by atoms with Crippen molar-refractivity contribution in [3.63, 3.8) is 0 Å². The van der Waals surface area contributed by atoms with Crippen LogP contribution in [0.3, 0.4) is 0 Å². The average molecular weight is 255 g/mol. The van der Waals surface area contributed by atoms with E-state index in [2.05, 4.69) is 50.5 Å². The standard InChI is InChI=1S/C14H23ClN2/c1-11(12-5-7-13(15)8-6-12)16-9-10-17-14(2,3)4/h5-8,11,16-17H,9-10H2,1-4H3/t11-/m0/s1. The van der Waals surface area contributed by atoms with Crippen LogP contribution in [0, 0.1) is 0 Å². The molecule has 0 saturated carbocycles. The fourth-order valence-corrected chi connectivity index (χ4v) is 1.72. The fourth-order valence-electron chi connectivity index (χ4n) is 1.60. The summed E-state index contributed by atoms with van der Waals surface area (Å²) in [6, 6.07) is 8.35. The molecule has 0 aliphatic rings. The lowest BCUT2D eigenvalue weighted by Crippen LogP contribution is -2.40. The number of hydrogen-bond donors (Lipinski definition) is 2. The quantitative estimate of drug-likeness (QED) is 0.788. The van der Waals surface area contributed by atoms with E-state index >= 15 is 0 Å². The van der Waals surface area contributed by atoms with E-state index in [4.69, 9.17) is 11.6 Å². The van der Waals surface area contributed by atoms with E-state index in [0.29, 0.717) is 6.04 Å². The Morgan fingerprint density at radius 3 is 2.24 bits per heavy atom. The van der Waals surface area contributed by atoms with Gasteiger partial charge in [0.05, 0.1) is 0 Å². The molecule has 96 valence electrons. The first kappa shape index (κ1) is 14.5. The Labute approximate surface area is 110 Å². The molecule has 0 radical (unpaired) electrons. The Bertz CT molecular complexity index is 327. The zero-order valence-electron chi connectivity index (χ0n) is 11.2. The first-order valence-electron chi connectivity index (χ1n) is 6.12. The van der Waals surface area contributed by atoms with Crippen LogP contribution in [-0.4, -0.2) is 18.6 Å². The lowest BCUT2D eigenvalue weighted by Gasteiger charge is -2.22. The molecule has 1 aromatic rings. The Morgan fingerprint density at radius 1 is 1.12 bits per heavy atom. The van der Waals surface area contributed by atoms with Crippen LogP contribution in [0.5, 0.6) is 0 Å². The minimum atomic E-state index is 0.186. The zero-order valence-corrected chi connectivity index (χ0v) is 11.9. The third-order valence-electron chi connectivity index (χ3n) is 2.60. The van der Waals surface area contributed by atoms with Crippen LogP contribution in [-0.2, 0) is 0 Å². The maximum absolute atomic E-state index is 5.86. The van der Waals surface area contributed by atoms with Crippen molar-refractivity contribution in [1.29, 1.82) is 0 Å². The second-order valence-corrected chi connectivity index (χ2v) is 5.84. The lowest BCUT2D eigenvalue weighted by atomic mass is 10.1. The van der Waals surface area contributed by atoms with Crippen molar-refractivity contribution in [2.75, 3.05) is 13.1 Å². The summed E-state index contributed by atoms with van der Waals surface area (Å²) in [7, 11) is 0. The number of rotatable bonds is 5. The Morgan fingerprint density at radius 2 is 1.71 bits per heavy atom. The highest BCUT2D eigenvalue weighted by Gasteiger charge is 2.08. The molecular formula is C14H23ClN2. The van der Waals surface area contributed by atoms with Gasteiger partial charge >= 0.3 is 0 Å². The molecule has 0 aliphatic carbocycles. The molecule has 0 bridgehead atoms. The molecule has 0 aromatic heterocycles. The van der Waals surface area contributed by atoms with Gasteiger partial charge in [0.15, 0.2) is 0 Å². The van der Waals surface area contributed by atoms with Crippen molar-refractivity contribution < 1.29 is 0 Å². The van der Waals surface area contributed by atoms with Crippen molar-refractivity contribution in [2.45, 2.75) is 39.3 Å². The molecule has 0 amide bonds. The van der Waals surface area contributed by atoms with Crippen molar-refractivity contribution in [3.05, 3.63) is 34.9 Å². The summed E-state index contributed by atoms with van der Waals surface area (Å²) < 4.78 is 0. The molecule has 0 fully saturated rings. The number of hydrogen-bond acceptors (Lipinski definition) is 2. The molecule has 2 N–H and O–H groups in total. The van der Waals surface area contributed by atoms with E-state index in [1.807, 2.05) is 12.1 Å². The van der Waals surface area contributed by atoms with E-state index in [1.165, 1.54) is 5.56 Å². The van der Waals surface area contributed by atoms with E-state index in [1.54, 1.807) is 0 Å². The fraction of sp³-hybridized carbons (Fsp3) is 0.571. The molecular weight excluding hydrogens is 232 g/mol. The molecule has 2 nitrogen and oxygen atoms in total. The minimum Gasteiger partial charge on any atom is -0.311 e. The third-order valence-corrected chi connectivity index (χ3v) is 2.85. The van der Waals surface area contributed by atoms with Crippen LogP contribution < -0.4 is 10.6 Å². The Hall–Kier alpha value is -0.570. The minimum absolute atomic E-state index is 0.186.